The Kier molecular flexibility index (Phi) is 4.77. The van der Waals surface area contributed by atoms with Crippen LogP contribution in [0.2, 0.25) is 0 Å². The Morgan fingerprint density at radius 1 is 1.65 bits per heavy atom. The van der Waals surface area contributed by atoms with Gasteiger partial charge >= 0.3 is 6.09 Å². The van der Waals surface area contributed by atoms with Gasteiger partial charge in [-0.25, -0.2) is 9.69 Å². The maximum Gasteiger partial charge on any atom is 0.416 e. The molecule has 1 unspecified atom stereocenters. The van der Waals surface area contributed by atoms with Crippen molar-refractivity contribution in [3.05, 3.63) is 3.95 Å². The summed E-state index contributed by atoms with van der Waals surface area (Å²) < 4.78 is 11.5. The lowest BCUT2D eigenvalue weighted by atomic mass is 10.2. The van der Waals surface area contributed by atoms with E-state index < -0.39 is 11.7 Å². The molecule has 1 atom stereocenters. The lowest BCUT2D eigenvalue weighted by Gasteiger charge is -2.27. The van der Waals surface area contributed by atoms with Crippen molar-refractivity contribution < 1.29 is 14.3 Å². The molecule has 1 aliphatic rings. The smallest absolute Gasteiger partial charge is 0.416 e. The summed E-state index contributed by atoms with van der Waals surface area (Å²) in [5.74, 6) is 0. The molecule has 8 heteroatoms. The van der Waals surface area contributed by atoms with Crippen LogP contribution >= 0.6 is 23.6 Å². The number of aromatic nitrogens is 2. The summed E-state index contributed by atoms with van der Waals surface area (Å²) in [6, 6.07) is 0. The minimum atomic E-state index is -0.552. The van der Waals surface area contributed by atoms with Gasteiger partial charge in [0.15, 0.2) is 3.95 Å². The Balaban J connectivity index is 2.14. The van der Waals surface area contributed by atoms with Crippen LogP contribution in [0.3, 0.4) is 0 Å². The molecule has 0 bridgehead atoms. The molecular weight excluding hydrogens is 298 g/mol. The van der Waals surface area contributed by atoms with Crippen LogP contribution in [0, 0.1) is 3.95 Å². The Hall–Kier alpha value is -0.990. The van der Waals surface area contributed by atoms with Crippen LogP contribution in [0.1, 0.15) is 33.6 Å². The van der Waals surface area contributed by atoms with E-state index in [0.29, 0.717) is 15.6 Å². The molecule has 2 heterocycles. The molecule has 1 N–H and O–H groups in total. The Morgan fingerprint density at radius 2 is 2.40 bits per heavy atom. The van der Waals surface area contributed by atoms with Crippen LogP contribution in [0.15, 0.2) is 0 Å². The highest BCUT2D eigenvalue weighted by molar-refractivity contribution is 7.73. The summed E-state index contributed by atoms with van der Waals surface area (Å²) in [5.41, 5.74) is -0.552. The van der Waals surface area contributed by atoms with Crippen molar-refractivity contribution in [2.75, 3.05) is 18.1 Å². The lowest BCUT2D eigenvalue weighted by molar-refractivity contribution is 0.0538. The van der Waals surface area contributed by atoms with E-state index in [4.69, 9.17) is 21.7 Å². The van der Waals surface area contributed by atoms with Gasteiger partial charge in [0.1, 0.15) is 5.60 Å². The second-order valence-electron chi connectivity index (χ2n) is 5.62. The van der Waals surface area contributed by atoms with Gasteiger partial charge in [-0.2, -0.15) is 0 Å². The molecular formula is C12H19N3O3S2. The molecule has 0 saturated carbocycles. The lowest BCUT2D eigenvalue weighted by Crippen LogP contribution is -2.41. The number of nitrogens with zero attached hydrogens (tertiary/aromatic N) is 2. The fourth-order valence-corrected chi connectivity index (χ4v) is 2.75. The summed E-state index contributed by atoms with van der Waals surface area (Å²) >= 11 is 6.27. The van der Waals surface area contributed by atoms with Gasteiger partial charge in [0.2, 0.25) is 5.13 Å². The Labute approximate surface area is 127 Å². The van der Waals surface area contributed by atoms with Crippen LogP contribution in [-0.4, -0.2) is 41.1 Å². The summed E-state index contributed by atoms with van der Waals surface area (Å²) in [6.07, 6.45) is 1.56. The summed E-state index contributed by atoms with van der Waals surface area (Å²) in [7, 11) is 0. The largest absolute Gasteiger partial charge is 0.443 e. The third kappa shape index (κ3) is 4.26. The number of aromatic amines is 1. The molecule has 20 heavy (non-hydrogen) atoms. The number of hydrogen-bond donors (Lipinski definition) is 1. The molecule has 6 nitrogen and oxygen atoms in total. The van der Waals surface area contributed by atoms with Gasteiger partial charge in [0.25, 0.3) is 0 Å². The van der Waals surface area contributed by atoms with Crippen molar-refractivity contribution in [3.8, 4) is 0 Å². The SMILES string of the molecule is CC(C)(C)OC(=O)N(CC1CCCO1)c1n[nH]c(=S)s1. The van der Waals surface area contributed by atoms with Crippen LogP contribution in [-0.2, 0) is 9.47 Å². The second-order valence-corrected chi connectivity index (χ2v) is 7.27. The van der Waals surface area contributed by atoms with E-state index >= 15 is 0 Å². The fourth-order valence-electron chi connectivity index (χ4n) is 1.88. The Morgan fingerprint density at radius 3 is 2.90 bits per heavy atom. The van der Waals surface area contributed by atoms with E-state index in [1.807, 2.05) is 20.8 Å². The van der Waals surface area contributed by atoms with E-state index in [1.54, 1.807) is 0 Å². The molecule has 1 fully saturated rings. The minimum absolute atomic E-state index is 0.0278. The number of amides is 1. The highest BCUT2D eigenvalue weighted by Crippen LogP contribution is 2.23. The standard InChI is InChI=1S/C12H19N3O3S2/c1-12(2,3)18-11(16)15(7-8-5-4-6-17-8)9-13-14-10(19)20-9/h8H,4-7H2,1-3H3,(H,14,19). The van der Waals surface area contributed by atoms with Crippen molar-refractivity contribution in [1.29, 1.82) is 0 Å². The first kappa shape index (κ1) is 15.4. The van der Waals surface area contributed by atoms with E-state index in [9.17, 15) is 4.79 Å². The topological polar surface area (TPSA) is 67.4 Å². The molecule has 1 aromatic rings. The minimum Gasteiger partial charge on any atom is -0.443 e. The number of carbonyl (C=O) groups is 1. The highest BCUT2D eigenvalue weighted by atomic mass is 32.1. The number of anilines is 1. The average molecular weight is 317 g/mol. The zero-order chi connectivity index (χ0) is 14.8. The van der Waals surface area contributed by atoms with Crippen molar-refractivity contribution in [3.63, 3.8) is 0 Å². The van der Waals surface area contributed by atoms with Crippen molar-refractivity contribution in [2.24, 2.45) is 0 Å². The normalized spacial score (nSPS) is 19.1. The molecule has 0 spiro atoms. The maximum absolute atomic E-state index is 12.3. The van der Waals surface area contributed by atoms with Gasteiger partial charge in [0, 0.05) is 6.61 Å². The van der Waals surface area contributed by atoms with E-state index in [0.717, 1.165) is 19.4 Å². The zero-order valence-electron chi connectivity index (χ0n) is 11.8. The van der Waals surface area contributed by atoms with Crippen molar-refractivity contribution in [2.45, 2.75) is 45.3 Å². The van der Waals surface area contributed by atoms with E-state index in [-0.39, 0.29) is 6.10 Å². The first-order chi connectivity index (χ1) is 9.35. The quantitative estimate of drug-likeness (QED) is 0.868. The van der Waals surface area contributed by atoms with E-state index in [2.05, 4.69) is 10.2 Å². The fraction of sp³-hybridized carbons (Fsp3) is 0.750. The number of ether oxygens (including phenoxy) is 2. The van der Waals surface area contributed by atoms with Gasteiger partial charge in [-0.15, -0.1) is 5.10 Å². The number of carbonyl (C=O) groups excluding carboxylic acids is 1. The number of rotatable bonds is 3. The van der Waals surface area contributed by atoms with Gasteiger partial charge in [-0.1, -0.05) is 11.3 Å². The third-order valence-electron chi connectivity index (χ3n) is 2.68. The average Bonchev–Trinajstić information content (AvgIpc) is 2.94. The van der Waals surface area contributed by atoms with Crippen LogP contribution < -0.4 is 4.90 Å². The van der Waals surface area contributed by atoms with Crippen LogP contribution in [0.4, 0.5) is 9.93 Å². The number of hydrogen-bond acceptors (Lipinski definition) is 6. The maximum atomic E-state index is 12.3. The van der Waals surface area contributed by atoms with Crippen LogP contribution in [0.5, 0.6) is 0 Å². The third-order valence-corrected chi connectivity index (χ3v) is 3.79. The van der Waals surface area contributed by atoms with Crippen molar-refractivity contribution >= 4 is 34.8 Å². The van der Waals surface area contributed by atoms with Gasteiger partial charge < -0.3 is 9.47 Å². The molecule has 1 amide bonds. The van der Waals surface area contributed by atoms with Gasteiger partial charge in [-0.3, -0.25) is 5.10 Å². The summed E-state index contributed by atoms with van der Waals surface area (Å²) in [4.78, 5) is 13.8. The van der Waals surface area contributed by atoms with Crippen LogP contribution in [0.25, 0.3) is 0 Å². The molecule has 1 aliphatic heterocycles. The summed E-state index contributed by atoms with van der Waals surface area (Å²) in [6.45, 7) is 6.68. The highest BCUT2D eigenvalue weighted by Gasteiger charge is 2.29. The molecule has 1 saturated heterocycles. The predicted octanol–water partition coefficient (Wildman–Crippen LogP) is 3.12. The Bertz CT molecular complexity index is 515. The zero-order valence-corrected chi connectivity index (χ0v) is 13.5. The molecule has 1 aromatic heterocycles. The molecule has 0 aromatic carbocycles. The summed E-state index contributed by atoms with van der Waals surface area (Å²) in [5, 5.41) is 7.27. The van der Waals surface area contributed by atoms with Gasteiger partial charge in [0.05, 0.1) is 12.6 Å². The van der Waals surface area contributed by atoms with Gasteiger partial charge in [-0.05, 0) is 45.8 Å². The molecule has 2 rings (SSSR count). The van der Waals surface area contributed by atoms with E-state index in [1.165, 1.54) is 16.2 Å². The number of nitrogens with one attached hydrogen (secondary N) is 1. The molecule has 0 radical (unpaired) electrons. The molecule has 0 aliphatic carbocycles. The second kappa shape index (κ2) is 6.19. The van der Waals surface area contributed by atoms with Crippen molar-refractivity contribution in [1.82, 2.24) is 10.2 Å². The molecule has 112 valence electrons. The predicted molar refractivity (Wildman–Crippen MR) is 79.9 cm³/mol. The first-order valence-electron chi connectivity index (χ1n) is 6.53. The first-order valence-corrected chi connectivity index (χ1v) is 7.75. The number of H-pyrrole nitrogens is 1. The monoisotopic (exact) mass is 317 g/mol.